The van der Waals surface area contributed by atoms with Crippen molar-refractivity contribution >= 4 is 17.5 Å². The molecular formula is C18H20ClN5O2. The van der Waals surface area contributed by atoms with E-state index in [1.54, 1.807) is 13.1 Å². The number of aromatic nitrogens is 3. The van der Waals surface area contributed by atoms with Crippen LogP contribution in [0.15, 0.2) is 24.5 Å². The molecule has 2 fully saturated rings. The number of fused-ring (bicyclic) bond motifs is 2. The molecule has 3 atom stereocenters. The van der Waals surface area contributed by atoms with E-state index in [0.717, 1.165) is 18.4 Å². The molecule has 4 heterocycles. The van der Waals surface area contributed by atoms with Crippen LogP contribution in [0.5, 0.6) is 0 Å². The van der Waals surface area contributed by atoms with Crippen LogP contribution in [0.2, 0.25) is 5.15 Å². The van der Waals surface area contributed by atoms with Crippen molar-refractivity contribution in [3.63, 3.8) is 0 Å². The summed E-state index contributed by atoms with van der Waals surface area (Å²) in [4.78, 5) is 24.4. The van der Waals surface area contributed by atoms with Gasteiger partial charge in [0.05, 0.1) is 24.1 Å². The van der Waals surface area contributed by atoms with E-state index in [1.807, 2.05) is 12.1 Å². The van der Waals surface area contributed by atoms with Crippen molar-refractivity contribution < 1.29 is 9.53 Å². The van der Waals surface area contributed by atoms with Crippen LogP contribution in [-0.2, 0) is 4.74 Å². The van der Waals surface area contributed by atoms with E-state index in [2.05, 4.69) is 25.6 Å². The lowest BCUT2D eigenvalue weighted by Crippen LogP contribution is -2.53. The summed E-state index contributed by atoms with van der Waals surface area (Å²) in [6.45, 7) is 0.699. The van der Waals surface area contributed by atoms with Gasteiger partial charge < -0.3 is 15.4 Å². The number of carbonyl (C=O) groups excluding carboxylic acids is 1. The minimum atomic E-state index is -0.274. The summed E-state index contributed by atoms with van der Waals surface area (Å²) in [6.07, 6.45) is 4.73. The zero-order valence-electron chi connectivity index (χ0n) is 14.4. The van der Waals surface area contributed by atoms with Gasteiger partial charge in [-0.3, -0.25) is 4.79 Å². The predicted octanol–water partition coefficient (Wildman–Crippen LogP) is 2.13. The smallest absolute Gasteiger partial charge is 0.269 e. The maximum absolute atomic E-state index is 11.8. The summed E-state index contributed by atoms with van der Waals surface area (Å²) >= 11 is 6.27. The molecule has 4 rings (SSSR count). The van der Waals surface area contributed by atoms with Crippen molar-refractivity contribution in [1.29, 1.82) is 0 Å². The van der Waals surface area contributed by atoms with Gasteiger partial charge in [-0.25, -0.2) is 15.0 Å². The molecule has 2 N–H and O–H groups in total. The quantitative estimate of drug-likeness (QED) is 0.801. The zero-order chi connectivity index (χ0) is 18.1. The number of morpholine rings is 1. The number of nitrogens with one attached hydrogen (secondary N) is 2. The van der Waals surface area contributed by atoms with Gasteiger partial charge in [0.15, 0.2) is 0 Å². The zero-order valence-corrected chi connectivity index (χ0v) is 15.2. The Morgan fingerprint density at radius 3 is 3.00 bits per heavy atom. The average molecular weight is 374 g/mol. The van der Waals surface area contributed by atoms with Gasteiger partial charge in [0, 0.05) is 19.1 Å². The number of hydrogen-bond donors (Lipinski definition) is 2. The van der Waals surface area contributed by atoms with Gasteiger partial charge in [0.1, 0.15) is 17.2 Å². The molecule has 0 aromatic carbocycles. The van der Waals surface area contributed by atoms with Crippen LogP contribution in [0, 0.1) is 0 Å². The second-order valence-corrected chi connectivity index (χ2v) is 7.02. The number of piperidine rings is 1. The molecule has 136 valence electrons. The fourth-order valence-corrected chi connectivity index (χ4v) is 3.87. The monoisotopic (exact) mass is 373 g/mol. The molecule has 2 bridgehead atoms. The Bertz CT molecular complexity index is 831. The van der Waals surface area contributed by atoms with Gasteiger partial charge in [-0.1, -0.05) is 18.0 Å². The number of ether oxygens (including phenoxy) is 1. The number of hydrogen-bond acceptors (Lipinski definition) is 6. The van der Waals surface area contributed by atoms with Crippen LogP contribution in [0.3, 0.4) is 0 Å². The Morgan fingerprint density at radius 2 is 2.15 bits per heavy atom. The highest BCUT2D eigenvalue weighted by molar-refractivity contribution is 6.29. The Labute approximate surface area is 156 Å². The molecule has 2 aromatic heterocycles. The first kappa shape index (κ1) is 17.3. The van der Waals surface area contributed by atoms with E-state index in [4.69, 9.17) is 16.3 Å². The molecule has 0 spiro atoms. The SMILES string of the molecule is CNC(=O)c1cc(-c2cc([C@H]3OC[C@@H]4CCC[C@H]3N4)cc(Cl)n2)ncn1. The molecule has 2 aliphatic rings. The second-order valence-electron chi connectivity index (χ2n) is 6.63. The third-order valence-corrected chi connectivity index (χ3v) is 5.09. The van der Waals surface area contributed by atoms with Crippen molar-refractivity contribution in [1.82, 2.24) is 25.6 Å². The first-order valence-corrected chi connectivity index (χ1v) is 9.11. The number of nitrogens with zero attached hydrogens (tertiary/aromatic N) is 3. The van der Waals surface area contributed by atoms with Crippen LogP contribution in [-0.4, -0.2) is 46.6 Å². The van der Waals surface area contributed by atoms with Crippen LogP contribution in [0.1, 0.15) is 41.4 Å². The van der Waals surface area contributed by atoms with E-state index in [9.17, 15) is 4.79 Å². The first-order valence-electron chi connectivity index (χ1n) is 8.73. The van der Waals surface area contributed by atoms with Gasteiger partial charge in [0.25, 0.3) is 5.91 Å². The molecule has 2 aliphatic heterocycles. The Hall–Kier alpha value is -2.09. The summed E-state index contributed by atoms with van der Waals surface area (Å²) < 4.78 is 6.11. The molecule has 1 amide bonds. The third-order valence-electron chi connectivity index (χ3n) is 4.89. The lowest BCUT2D eigenvalue weighted by Gasteiger charge is -2.41. The molecule has 0 radical (unpaired) electrons. The van der Waals surface area contributed by atoms with Gasteiger partial charge in [-0.15, -0.1) is 0 Å². The molecule has 8 heteroatoms. The minimum Gasteiger partial charge on any atom is -0.370 e. The molecule has 2 aromatic rings. The van der Waals surface area contributed by atoms with Crippen molar-refractivity contribution in [3.8, 4) is 11.4 Å². The van der Waals surface area contributed by atoms with Crippen molar-refractivity contribution in [2.75, 3.05) is 13.7 Å². The lowest BCUT2D eigenvalue weighted by atomic mass is 9.89. The molecule has 2 saturated heterocycles. The maximum Gasteiger partial charge on any atom is 0.269 e. The van der Waals surface area contributed by atoms with Gasteiger partial charge >= 0.3 is 0 Å². The van der Waals surface area contributed by atoms with Crippen molar-refractivity contribution in [2.24, 2.45) is 0 Å². The summed E-state index contributed by atoms with van der Waals surface area (Å²) in [5.41, 5.74) is 2.40. The summed E-state index contributed by atoms with van der Waals surface area (Å²) in [6, 6.07) is 6.10. The Balaban J connectivity index is 1.67. The average Bonchev–Trinajstić information content (AvgIpc) is 2.67. The van der Waals surface area contributed by atoms with Crippen LogP contribution in [0.4, 0.5) is 0 Å². The fraction of sp³-hybridized carbons (Fsp3) is 0.444. The molecule has 26 heavy (non-hydrogen) atoms. The lowest BCUT2D eigenvalue weighted by molar-refractivity contribution is -0.0467. The highest BCUT2D eigenvalue weighted by atomic mass is 35.5. The highest BCUT2D eigenvalue weighted by Gasteiger charge is 2.35. The van der Waals surface area contributed by atoms with Crippen LogP contribution >= 0.6 is 11.6 Å². The maximum atomic E-state index is 11.8. The van der Waals surface area contributed by atoms with E-state index in [0.29, 0.717) is 29.2 Å². The third kappa shape index (κ3) is 3.42. The molecule has 0 saturated carbocycles. The molecule has 0 unspecified atom stereocenters. The van der Waals surface area contributed by atoms with E-state index in [-0.39, 0.29) is 23.7 Å². The Kier molecular flexibility index (Phi) is 4.84. The standard InChI is InChI=1S/C18H20ClN5O2/c1-20-18(25)15-7-13(21-9-22-15)14-5-10(6-16(19)24-14)17-12-4-2-3-11(23-12)8-26-17/h5-7,9,11-12,17,23H,2-4,8H2,1H3,(H,20,25)/t11-,12+,17+/m0/s1. The second kappa shape index (κ2) is 7.26. The highest BCUT2D eigenvalue weighted by Crippen LogP contribution is 2.34. The molecular weight excluding hydrogens is 354 g/mol. The number of carbonyl (C=O) groups is 1. The van der Waals surface area contributed by atoms with E-state index < -0.39 is 0 Å². The predicted molar refractivity (Wildman–Crippen MR) is 96.9 cm³/mol. The fourth-order valence-electron chi connectivity index (χ4n) is 3.65. The molecule has 7 nitrogen and oxygen atoms in total. The first-order chi connectivity index (χ1) is 12.6. The molecule has 0 aliphatic carbocycles. The largest absolute Gasteiger partial charge is 0.370 e. The number of rotatable bonds is 3. The normalized spacial score (nSPS) is 24.9. The summed E-state index contributed by atoms with van der Waals surface area (Å²) in [5, 5.41) is 6.57. The number of pyridine rings is 1. The number of amides is 1. The van der Waals surface area contributed by atoms with Crippen LogP contribution in [0.25, 0.3) is 11.4 Å². The Morgan fingerprint density at radius 1 is 1.27 bits per heavy atom. The van der Waals surface area contributed by atoms with Crippen molar-refractivity contribution in [2.45, 2.75) is 37.5 Å². The van der Waals surface area contributed by atoms with E-state index >= 15 is 0 Å². The summed E-state index contributed by atoms with van der Waals surface area (Å²) in [5.74, 6) is -0.274. The van der Waals surface area contributed by atoms with Crippen LogP contribution < -0.4 is 10.6 Å². The van der Waals surface area contributed by atoms with Gasteiger partial charge in [-0.2, -0.15) is 0 Å². The topological polar surface area (TPSA) is 89.0 Å². The summed E-state index contributed by atoms with van der Waals surface area (Å²) in [7, 11) is 1.56. The van der Waals surface area contributed by atoms with E-state index in [1.165, 1.54) is 12.7 Å². The number of halogens is 1. The minimum absolute atomic E-state index is 0.0638. The van der Waals surface area contributed by atoms with Crippen molar-refractivity contribution in [3.05, 3.63) is 40.9 Å². The van der Waals surface area contributed by atoms with Gasteiger partial charge in [-0.05, 0) is 36.6 Å². The van der Waals surface area contributed by atoms with Gasteiger partial charge in [0.2, 0.25) is 0 Å².